The predicted molar refractivity (Wildman–Crippen MR) is 84.3 cm³/mol. The Morgan fingerprint density at radius 3 is 2.05 bits per heavy atom. The summed E-state index contributed by atoms with van der Waals surface area (Å²) in [5.74, 6) is 0.248. The van der Waals surface area contributed by atoms with E-state index in [0.717, 1.165) is 11.1 Å². The Balaban J connectivity index is 3.52. The van der Waals surface area contributed by atoms with Crippen LogP contribution in [0.1, 0.15) is 37.5 Å². The quantitative estimate of drug-likeness (QED) is 0.869. The minimum absolute atomic E-state index is 0.0689. The summed E-state index contributed by atoms with van der Waals surface area (Å²) < 4.78 is 27.2. The topological polar surface area (TPSA) is 63.4 Å². The van der Waals surface area contributed by atoms with Gasteiger partial charge in [0.05, 0.1) is 4.90 Å². The summed E-state index contributed by atoms with van der Waals surface area (Å²) in [7, 11) is -1.90. The molecule has 0 amide bonds. The average molecular weight is 298 g/mol. The number of aryl methyl sites for hydroxylation is 1. The molecule has 1 aromatic rings. The van der Waals surface area contributed by atoms with E-state index in [1.807, 2.05) is 40.7 Å². The standard InChI is InChI=1S/C15H26N2O2S/c1-9(2)13(6)17(7)20(18,19)15-11(4)10(3)8-14(16)12(15)5/h8-9,13H,16H2,1-7H3. The van der Waals surface area contributed by atoms with Crippen molar-refractivity contribution in [1.29, 1.82) is 0 Å². The summed E-state index contributed by atoms with van der Waals surface area (Å²) in [6.07, 6.45) is 0. The minimum Gasteiger partial charge on any atom is -0.398 e. The summed E-state index contributed by atoms with van der Waals surface area (Å²) in [6.45, 7) is 11.4. The Hall–Kier alpha value is -1.07. The zero-order chi connectivity index (χ0) is 15.8. The Morgan fingerprint density at radius 2 is 1.60 bits per heavy atom. The number of hydrogen-bond donors (Lipinski definition) is 1. The van der Waals surface area contributed by atoms with Crippen molar-refractivity contribution < 1.29 is 8.42 Å². The van der Waals surface area contributed by atoms with Gasteiger partial charge in [-0.2, -0.15) is 4.31 Å². The van der Waals surface area contributed by atoms with Crippen molar-refractivity contribution in [3.05, 3.63) is 22.8 Å². The molecule has 0 spiro atoms. The molecule has 20 heavy (non-hydrogen) atoms. The Morgan fingerprint density at radius 1 is 1.10 bits per heavy atom. The summed E-state index contributed by atoms with van der Waals surface area (Å²) >= 11 is 0. The zero-order valence-corrected chi connectivity index (χ0v) is 14.3. The van der Waals surface area contributed by atoms with Crippen LogP contribution in [0.5, 0.6) is 0 Å². The number of sulfonamides is 1. The van der Waals surface area contributed by atoms with Crippen LogP contribution in [0.4, 0.5) is 5.69 Å². The number of benzene rings is 1. The van der Waals surface area contributed by atoms with E-state index in [2.05, 4.69) is 0 Å². The van der Waals surface area contributed by atoms with Crippen LogP contribution in [0, 0.1) is 26.7 Å². The molecule has 0 heterocycles. The zero-order valence-electron chi connectivity index (χ0n) is 13.5. The molecule has 4 nitrogen and oxygen atoms in total. The number of nitrogen functional groups attached to an aromatic ring is 1. The van der Waals surface area contributed by atoms with Gasteiger partial charge in [-0.05, 0) is 56.4 Å². The van der Waals surface area contributed by atoms with E-state index >= 15 is 0 Å². The number of rotatable bonds is 4. The van der Waals surface area contributed by atoms with Crippen molar-refractivity contribution in [1.82, 2.24) is 4.31 Å². The third-order valence-corrected chi connectivity index (χ3v) is 6.47. The first kappa shape index (κ1) is 17.0. The van der Waals surface area contributed by atoms with Crippen LogP contribution in [-0.2, 0) is 10.0 Å². The molecule has 0 radical (unpaired) electrons. The lowest BCUT2D eigenvalue weighted by molar-refractivity contribution is 0.315. The number of hydrogen-bond acceptors (Lipinski definition) is 3. The summed E-state index contributed by atoms with van der Waals surface area (Å²) in [5, 5.41) is 0. The van der Waals surface area contributed by atoms with Crippen molar-refractivity contribution in [2.75, 3.05) is 12.8 Å². The van der Waals surface area contributed by atoms with Crippen LogP contribution in [-0.4, -0.2) is 25.8 Å². The van der Waals surface area contributed by atoms with Gasteiger partial charge in [-0.3, -0.25) is 0 Å². The lowest BCUT2D eigenvalue weighted by Crippen LogP contribution is -2.39. The van der Waals surface area contributed by atoms with Crippen molar-refractivity contribution in [2.45, 2.75) is 52.5 Å². The average Bonchev–Trinajstić information content (AvgIpc) is 2.34. The summed E-state index contributed by atoms with van der Waals surface area (Å²) in [5.41, 5.74) is 8.78. The fraction of sp³-hybridized carbons (Fsp3) is 0.600. The maximum Gasteiger partial charge on any atom is 0.243 e. The Bertz CT molecular complexity index is 581. The minimum atomic E-state index is -3.54. The molecule has 0 fully saturated rings. The van der Waals surface area contributed by atoms with Crippen LogP contribution < -0.4 is 5.73 Å². The lowest BCUT2D eigenvalue weighted by atomic mass is 10.1. The van der Waals surface area contributed by atoms with E-state index in [1.54, 1.807) is 14.0 Å². The van der Waals surface area contributed by atoms with E-state index < -0.39 is 10.0 Å². The second kappa shape index (κ2) is 5.74. The van der Waals surface area contributed by atoms with Crippen molar-refractivity contribution >= 4 is 15.7 Å². The van der Waals surface area contributed by atoms with Crippen LogP contribution in [0.15, 0.2) is 11.0 Å². The van der Waals surface area contributed by atoms with E-state index in [1.165, 1.54) is 4.31 Å². The molecule has 0 aliphatic rings. The van der Waals surface area contributed by atoms with Crippen molar-refractivity contribution in [2.24, 2.45) is 5.92 Å². The Labute approximate surface area is 123 Å². The van der Waals surface area contributed by atoms with E-state index in [9.17, 15) is 8.42 Å². The molecule has 0 aromatic heterocycles. The second-order valence-corrected chi connectivity index (χ2v) is 7.80. The highest BCUT2D eigenvalue weighted by Crippen LogP contribution is 2.31. The first-order valence-electron chi connectivity index (χ1n) is 6.86. The lowest BCUT2D eigenvalue weighted by Gasteiger charge is -2.29. The van der Waals surface area contributed by atoms with Crippen LogP contribution >= 0.6 is 0 Å². The number of nitrogens with zero attached hydrogens (tertiary/aromatic N) is 1. The number of anilines is 1. The molecule has 0 saturated carbocycles. The van der Waals surface area contributed by atoms with Gasteiger partial charge in [-0.1, -0.05) is 13.8 Å². The Kier molecular flexibility index (Phi) is 4.87. The molecule has 0 aliphatic heterocycles. The van der Waals surface area contributed by atoms with Gasteiger partial charge in [0.15, 0.2) is 0 Å². The van der Waals surface area contributed by atoms with Crippen LogP contribution in [0.25, 0.3) is 0 Å². The first-order chi connectivity index (χ1) is 9.01. The van der Waals surface area contributed by atoms with Crippen molar-refractivity contribution in [3.8, 4) is 0 Å². The largest absolute Gasteiger partial charge is 0.398 e. The van der Waals surface area contributed by atoms with Gasteiger partial charge in [0.2, 0.25) is 10.0 Å². The third kappa shape index (κ3) is 2.83. The smallest absolute Gasteiger partial charge is 0.243 e. The molecule has 0 aliphatic carbocycles. The molecule has 1 atom stereocenters. The first-order valence-corrected chi connectivity index (χ1v) is 8.30. The molecule has 5 heteroatoms. The second-order valence-electron chi connectivity index (χ2n) is 5.87. The highest BCUT2D eigenvalue weighted by molar-refractivity contribution is 7.89. The van der Waals surface area contributed by atoms with Gasteiger partial charge in [0.1, 0.15) is 0 Å². The molecule has 0 bridgehead atoms. The SMILES string of the molecule is Cc1cc(N)c(C)c(S(=O)(=O)N(C)C(C)C(C)C)c1C. The molecule has 1 unspecified atom stereocenters. The predicted octanol–water partition coefficient (Wildman–Crippen LogP) is 2.86. The molecule has 1 aromatic carbocycles. The number of nitrogens with two attached hydrogens (primary N) is 1. The van der Waals surface area contributed by atoms with Gasteiger partial charge in [-0.25, -0.2) is 8.42 Å². The van der Waals surface area contributed by atoms with E-state index in [0.29, 0.717) is 16.1 Å². The third-order valence-electron chi connectivity index (χ3n) is 4.25. The molecular formula is C15H26N2O2S. The van der Waals surface area contributed by atoms with Gasteiger partial charge < -0.3 is 5.73 Å². The maximum atomic E-state index is 12.9. The monoisotopic (exact) mass is 298 g/mol. The highest BCUT2D eigenvalue weighted by atomic mass is 32.2. The fourth-order valence-electron chi connectivity index (χ4n) is 2.21. The van der Waals surface area contributed by atoms with Crippen LogP contribution in [0.2, 0.25) is 0 Å². The molecular weight excluding hydrogens is 272 g/mol. The highest BCUT2D eigenvalue weighted by Gasteiger charge is 2.30. The van der Waals surface area contributed by atoms with Gasteiger partial charge >= 0.3 is 0 Å². The maximum absolute atomic E-state index is 12.9. The molecule has 2 N–H and O–H groups in total. The van der Waals surface area contributed by atoms with Gasteiger partial charge in [-0.15, -0.1) is 0 Å². The van der Waals surface area contributed by atoms with Gasteiger partial charge in [0, 0.05) is 18.8 Å². The van der Waals surface area contributed by atoms with Crippen LogP contribution in [0.3, 0.4) is 0 Å². The molecule has 0 saturated heterocycles. The fourth-order valence-corrected chi connectivity index (χ4v) is 4.23. The summed E-state index contributed by atoms with van der Waals surface area (Å²) in [6, 6.07) is 1.76. The molecule has 1 rings (SSSR count). The van der Waals surface area contributed by atoms with E-state index in [-0.39, 0.29) is 12.0 Å². The van der Waals surface area contributed by atoms with Gasteiger partial charge in [0.25, 0.3) is 0 Å². The summed E-state index contributed by atoms with van der Waals surface area (Å²) in [4.78, 5) is 0.352. The van der Waals surface area contributed by atoms with Crippen molar-refractivity contribution in [3.63, 3.8) is 0 Å². The normalized spacial score (nSPS) is 14.1. The molecule has 114 valence electrons. The van der Waals surface area contributed by atoms with E-state index in [4.69, 9.17) is 5.73 Å².